The van der Waals surface area contributed by atoms with Gasteiger partial charge >= 0.3 is 0 Å². The first kappa shape index (κ1) is 8.79. The molecule has 0 aliphatic rings. The Balaban J connectivity index is 2.53. The molecule has 0 aromatic rings. The smallest absolute Gasteiger partial charge is 0.0918 e. The Hall–Kier alpha value is 0.790. The van der Waals surface area contributed by atoms with E-state index in [1.54, 1.807) is 11.8 Å². The molecule has 50 valence electrons. The van der Waals surface area contributed by atoms with E-state index < -0.39 is 0 Å². The lowest BCUT2D eigenvalue weighted by Crippen LogP contribution is -1.92. The molecule has 0 aromatic heterocycles. The van der Waals surface area contributed by atoms with E-state index in [0.29, 0.717) is 0 Å². The van der Waals surface area contributed by atoms with Gasteiger partial charge in [0, 0.05) is 11.9 Å². The molecular weight excluding hydrogens is 188 g/mol. The molecule has 0 saturated carbocycles. The van der Waals surface area contributed by atoms with Crippen molar-refractivity contribution in [3.05, 3.63) is 0 Å². The highest BCUT2D eigenvalue weighted by atomic mass is 79.9. The van der Waals surface area contributed by atoms with Crippen LogP contribution >= 0.6 is 27.7 Å². The number of hydrogen-bond donors (Lipinski definition) is 0. The van der Waals surface area contributed by atoms with Gasteiger partial charge in [0.2, 0.25) is 0 Å². The number of alkyl halides is 1. The Labute approximate surface area is 63.3 Å². The predicted molar refractivity (Wildman–Crippen MR) is 42.7 cm³/mol. The van der Waals surface area contributed by atoms with Crippen LogP contribution in [0.4, 0.5) is 0 Å². The normalized spacial score (nSPS) is 9.75. The molecule has 8 heavy (non-hydrogen) atoms. The molecule has 0 radical (unpaired) electrons. The number of thioether (sulfide) groups is 1. The van der Waals surface area contributed by atoms with Crippen LogP contribution in [0.5, 0.6) is 0 Å². The molecule has 0 aromatic carbocycles. The van der Waals surface area contributed by atoms with Crippen molar-refractivity contribution in [2.24, 2.45) is 0 Å². The summed E-state index contributed by atoms with van der Waals surface area (Å²) < 4.78 is 5.16. The first-order chi connectivity index (χ1) is 3.91. The molecule has 0 spiro atoms. The summed E-state index contributed by atoms with van der Waals surface area (Å²) in [5.74, 6) is 0.826. The summed E-state index contributed by atoms with van der Waals surface area (Å²) in [4.78, 5) is 0. The van der Waals surface area contributed by atoms with Gasteiger partial charge in [0.25, 0.3) is 0 Å². The molecule has 0 fully saturated rings. The molecule has 0 bridgehead atoms. The van der Waals surface area contributed by atoms with Crippen LogP contribution in [0.25, 0.3) is 0 Å². The summed E-state index contributed by atoms with van der Waals surface area (Å²) in [6, 6.07) is 0. The van der Waals surface area contributed by atoms with Crippen molar-refractivity contribution in [2.75, 3.05) is 24.1 Å². The van der Waals surface area contributed by atoms with E-state index in [0.717, 1.165) is 24.3 Å². The zero-order valence-corrected chi connectivity index (χ0v) is 7.43. The highest BCUT2D eigenvalue weighted by Gasteiger charge is 1.82. The summed E-state index contributed by atoms with van der Waals surface area (Å²) in [6.07, 6.45) is 3.15. The molecule has 0 rings (SSSR count). The van der Waals surface area contributed by atoms with Crippen molar-refractivity contribution in [2.45, 2.75) is 6.42 Å². The fourth-order valence-electron chi connectivity index (χ4n) is 0.299. The molecule has 0 aliphatic heterocycles. The van der Waals surface area contributed by atoms with E-state index in [4.69, 9.17) is 4.74 Å². The number of hydrogen-bond acceptors (Lipinski definition) is 2. The summed E-state index contributed by atoms with van der Waals surface area (Å²) in [7, 11) is 0. The van der Waals surface area contributed by atoms with Crippen LogP contribution in [0.1, 0.15) is 6.42 Å². The molecule has 0 aliphatic carbocycles. The number of rotatable bonds is 5. The van der Waals surface area contributed by atoms with Crippen molar-refractivity contribution >= 4 is 27.7 Å². The predicted octanol–water partition coefficient (Wildman–Crippen LogP) is 2.11. The molecule has 0 saturated heterocycles. The highest BCUT2D eigenvalue weighted by Crippen LogP contribution is 1.94. The maximum Gasteiger partial charge on any atom is 0.0918 e. The van der Waals surface area contributed by atoms with Gasteiger partial charge in [-0.15, -0.1) is 11.8 Å². The lowest BCUT2D eigenvalue weighted by molar-refractivity contribution is 0.185. The Bertz CT molecular complexity index is 37.4. The van der Waals surface area contributed by atoms with Gasteiger partial charge < -0.3 is 4.74 Å². The van der Waals surface area contributed by atoms with Gasteiger partial charge in [0.1, 0.15) is 0 Å². The van der Waals surface area contributed by atoms with Crippen molar-refractivity contribution in [1.82, 2.24) is 0 Å². The van der Waals surface area contributed by atoms with Crippen LogP contribution < -0.4 is 0 Å². The Morgan fingerprint density at radius 3 is 2.88 bits per heavy atom. The molecule has 0 atom stereocenters. The lowest BCUT2D eigenvalue weighted by atomic mass is 10.5. The first-order valence-corrected chi connectivity index (χ1v) is 5.06. The third-order valence-corrected chi connectivity index (χ3v) is 1.59. The topological polar surface area (TPSA) is 9.23 Å². The minimum atomic E-state index is 0.826. The molecule has 0 N–H and O–H groups in total. The monoisotopic (exact) mass is 198 g/mol. The minimum Gasteiger partial charge on any atom is -0.371 e. The molecule has 1 nitrogen and oxygen atoms in total. The van der Waals surface area contributed by atoms with E-state index in [1.165, 1.54) is 0 Å². The Morgan fingerprint density at radius 2 is 2.38 bits per heavy atom. The van der Waals surface area contributed by atoms with E-state index in [9.17, 15) is 0 Å². The molecule has 0 amide bonds. The summed E-state index contributed by atoms with van der Waals surface area (Å²) in [5.41, 5.74) is 0. The molecule has 3 heteroatoms. The fourth-order valence-corrected chi connectivity index (χ4v) is 0.812. The zero-order valence-electron chi connectivity index (χ0n) is 5.02. The van der Waals surface area contributed by atoms with Crippen LogP contribution in [0.15, 0.2) is 0 Å². The second kappa shape index (κ2) is 7.79. The van der Waals surface area contributed by atoms with E-state index in [2.05, 4.69) is 15.9 Å². The third-order valence-electron chi connectivity index (χ3n) is 0.623. The number of ether oxygens (including phenoxy) is 1. The third kappa shape index (κ3) is 6.79. The molecular formula is C5H11BrOS. The highest BCUT2D eigenvalue weighted by molar-refractivity contribution is 9.09. The van der Waals surface area contributed by atoms with Crippen molar-refractivity contribution in [3.8, 4) is 0 Å². The zero-order chi connectivity index (χ0) is 6.24. The SMILES string of the molecule is CSCOCCCBr. The number of halogens is 1. The quantitative estimate of drug-likeness (QED) is 0.381. The van der Waals surface area contributed by atoms with Gasteiger partial charge in [-0.25, -0.2) is 0 Å². The van der Waals surface area contributed by atoms with Gasteiger partial charge in [-0.2, -0.15) is 0 Å². The summed E-state index contributed by atoms with van der Waals surface area (Å²) >= 11 is 5.03. The van der Waals surface area contributed by atoms with E-state index >= 15 is 0 Å². The standard InChI is InChI=1S/C5H11BrOS/c1-8-5-7-4-2-3-6/h2-5H2,1H3. The minimum absolute atomic E-state index is 0.826. The second-order valence-corrected chi connectivity index (χ2v) is 2.96. The average Bonchev–Trinajstić information content (AvgIpc) is 1.81. The Morgan fingerprint density at radius 1 is 1.62 bits per heavy atom. The fraction of sp³-hybridized carbons (Fsp3) is 1.00. The van der Waals surface area contributed by atoms with Gasteiger partial charge in [0.05, 0.1) is 5.94 Å². The largest absolute Gasteiger partial charge is 0.371 e. The maximum atomic E-state index is 5.16. The van der Waals surface area contributed by atoms with E-state index in [-0.39, 0.29) is 0 Å². The first-order valence-electron chi connectivity index (χ1n) is 2.54. The van der Waals surface area contributed by atoms with Gasteiger partial charge in [-0.1, -0.05) is 15.9 Å². The molecule has 0 unspecified atom stereocenters. The van der Waals surface area contributed by atoms with Crippen molar-refractivity contribution in [3.63, 3.8) is 0 Å². The van der Waals surface area contributed by atoms with Gasteiger partial charge in [-0.3, -0.25) is 0 Å². The van der Waals surface area contributed by atoms with Crippen LogP contribution in [-0.4, -0.2) is 24.1 Å². The Kier molecular flexibility index (Phi) is 8.56. The lowest BCUT2D eigenvalue weighted by Gasteiger charge is -1.96. The average molecular weight is 199 g/mol. The van der Waals surface area contributed by atoms with Gasteiger partial charge in [0.15, 0.2) is 0 Å². The summed E-state index contributed by atoms with van der Waals surface area (Å²) in [5, 5.41) is 1.04. The van der Waals surface area contributed by atoms with Crippen LogP contribution in [0.3, 0.4) is 0 Å². The van der Waals surface area contributed by atoms with Crippen LogP contribution in [0.2, 0.25) is 0 Å². The van der Waals surface area contributed by atoms with Gasteiger partial charge in [-0.05, 0) is 12.7 Å². The maximum absolute atomic E-state index is 5.16. The van der Waals surface area contributed by atoms with E-state index in [1.807, 2.05) is 6.26 Å². The second-order valence-electron chi connectivity index (χ2n) is 1.36. The van der Waals surface area contributed by atoms with Crippen LogP contribution in [0, 0.1) is 0 Å². The van der Waals surface area contributed by atoms with Crippen molar-refractivity contribution in [1.29, 1.82) is 0 Å². The summed E-state index contributed by atoms with van der Waals surface area (Å²) in [6.45, 7) is 0.881. The van der Waals surface area contributed by atoms with Crippen molar-refractivity contribution < 1.29 is 4.74 Å². The van der Waals surface area contributed by atoms with Crippen LogP contribution in [-0.2, 0) is 4.74 Å². The molecule has 0 heterocycles.